The molecular weight excluding hydrogens is 358 g/mol. The summed E-state index contributed by atoms with van der Waals surface area (Å²) < 4.78 is 1.99. The lowest BCUT2D eigenvalue weighted by Gasteiger charge is -2.09. The zero-order valence-electron chi connectivity index (χ0n) is 18.2. The van der Waals surface area contributed by atoms with E-state index in [0.29, 0.717) is 6.42 Å². The molecule has 0 aliphatic heterocycles. The highest BCUT2D eigenvalue weighted by molar-refractivity contribution is 5.94. The Hall–Kier alpha value is -2.62. The van der Waals surface area contributed by atoms with E-state index in [-0.39, 0.29) is 5.91 Å². The minimum absolute atomic E-state index is 0.0634. The van der Waals surface area contributed by atoms with E-state index < -0.39 is 0 Å². The zero-order chi connectivity index (χ0) is 20.8. The molecule has 2 heterocycles. The third-order valence-corrected chi connectivity index (χ3v) is 5.29. The highest BCUT2D eigenvalue weighted by atomic mass is 16.1. The number of benzene rings is 1. The quantitative estimate of drug-likeness (QED) is 0.417. The number of imidazole rings is 1. The van der Waals surface area contributed by atoms with Crippen LogP contribution in [0.1, 0.15) is 68.6 Å². The molecule has 0 atom stereocenters. The van der Waals surface area contributed by atoms with E-state index in [1.807, 2.05) is 16.7 Å². The lowest BCUT2D eigenvalue weighted by molar-refractivity contribution is -0.116. The number of nitrogens with zero attached hydrogens (tertiary/aromatic N) is 2. The smallest absolute Gasteiger partial charge is 0.225 e. The summed E-state index contributed by atoms with van der Waals surface area (Å²) in [5.74, 6) is 0.828. The lowest BCUT2D eigenvalue weighted by atomic mass is 10.0. The van der Waals surface area contributed by atoms with E-state index in [1.165, 1.54) is 36.8 Å². The number of carbonyl (C=O) groups excluding carboxylic acids is 1. The van der Waals surface area contributed by atoms with E-state index in [0.717, 1.165) is 41.1 Å². The van der Waals surface area contributed by atoms with E-state index in [9.17, 15) is 4.79 Å². The number of aromatic nitrogens is 2. The summed E-state index contributed by atoms with van der Waals surface area (Å²) in [6.45, 7) is 8.46. The number of amides is 1. The SMILES string of the molecule is CCCCCCCCC(=O)Nc1c(-c2cc(C)cc(C)c2)nc2cc(C)ccn12. The molecule has 4 heteroatoms. The molecule has 0 unspecified atom stereocenters. The van der Waals surface area contributed by atoms with Crippen molar-refractivity contribution in [1.29, 1.82) is 0 Å². The number of anilines is 1. The molecule has 1 amide bonds. The predicted molar refractivity (Wildman–Crippen MR) is 121 cm³/mol. The van der Waals surface area contributed by atoms with Gasteiger partial charge in [0.1, 0.15) is 17.2 Å². The average Bonchev–Trinajstić information content (AvgIpc) is 3.01. The van der Waals surface area contributed by atoms with Gasteiger partial charge in [0, 0.05) is 18.2 Å². The van der Waals surface area contributed by atoms with Crippen molar-refractivity contribution in [3.05, 3.63) is 53.2 Å². The van der Waals surface area contributed by atoms with Gasteiger partial charge in [0.2, 0.25) is 5.91 Å². The van der Waals surface area contributed by atoms with Crippen LogP contribution in [0.15, 0.2) is 36.5 Å². The molecule has 0 aliphatic carbocycles. The highest BCUT2D eigenvalue weighted by Gasteiger charge is 2.17. The number of nitrogens with one attached hydrogen (secondary N) is 1. The summed E-state index contributed by atoms with van der Waals surface area (Å²) in [5, 5.41) is 3.15. The van der Waals surface area contributed by atoms with Gasteiger partial charge in [-0.05, 0) is 57.0 Å². The monoisotopic (exact) mass is 391 g/mol. The lowest BCUT2D eigenvalue weighted by Crippen LogP contribution is -2.13. The van der Waals surface area contributed by atoms with Crippen molar-refractivity contribution in [2.24, 2.45) is 0 Å². The van der Waals surface area contributed by atoms with Crippen molar-refractivity contribution < 1.29 is 4.79 Å². The molecule has 1 N–H and O–H groups in total. The van der Waals surface area contributed by atoms with Crippen LogP contribution in [-0.2, 0) is 4.79 Å². The molecule has 3 aromatic rings. The van der Waals surface area contributed by atoms with Gasteiger partial charge in [0.25, 0.3) is 0 Å². The second kappa shape index (κ2) is 9.73. The van der Waals surface area contributed by atoms with Crippen molar-refractivity contribution in [3.8, 4) is 11.3 Å². The fraction of sp³-hybridized carbons (Fsp3) is 0.440. The molecule has 0 saturated heterocycles. The maximum Gasteiger partial charge on any atom is 0.225 e. The first kappa shape index (κ1) is 21.1. The number of rotatable bonds is 9. The Balaban J connectivity index is 1.83. The van der Waals surface area contributed by atoms with Gasteiger partial charge >= 0.3 is 0 Å². The first-order valence-electron chi connectivity index (χ1n) is 10.8. The topological polar surface area (TPSA) is 46.4 Å². The van der Waals surface area contributed by atoms with E-state index in [4.69, 9.17) is 4.98 Å². The number of aryl methyl sites for hydroxylation is 3. The van der Waals surface area contributed by atoms with Gasteiger partial charge < -0.3 is 5.32 Å². The molecule has 3 rings (SSSR count). The average molecular weight is 392 g/mol. The van der Waals surface area contributed by atoms with Gasteiger partial charge in [-0.3, -0.25) is 9.20 Å². The second-order valence-corrected chi connectivity index (χ2v) is 8.18. The minimum Gasteiger partial charge on any atom is -0.310 e. The maximum absolute atomic E-state index is 12.7. The van der Waals surface area contributed by atoms with Gasteiger partial charge in [0.15, 0.2) is 0 Å². The number of hydrogen-bond acceptors (Lipinski definition) is 2. The van der Waals surface area contributed by atoms with Gasteiger partial charge in [-0.1, -0.05) is 56.2 Å². The largest absolute Gasteiger partial charge is 0.310 e. The van der Waals surface area contributed by atoms with Gasteiger partial charge in [-0.15, -0.1) is 0 Å². The Morgan fingerprint density at radius 1 is 0.931 bits per heavy atom. The molecule has 0 spiro atoms. The number of carbonyl (C=O) groups is 1. The Kier molecular flexibility index (Phi) is 7.08. The summed E-state index contributed by atoms with van der Waals surface area (Å²) in [6.07, 6.45) is 9.60. The number of fused-ring (bicyclic) bond motifs is 1. The Morgan fingerprint density at radius 3 is 2.34 bits per heavy atom. The van der Waals surface area contributed by atoms with Gasteiger partial charge in [-0.2, -0.15) is 0 Å². The molecule has 0 radical (unpaired) electrons. The molecule has 29 heavy (non-hydrogen) atoms. The standard InChI is InChI=1S/C25H33N3O/c1-5-6-7-8-9-10-11-23(29)27-25-24(21-15-19(3)14-20(4)16-21)26-22-17-18(2)12-13-28(22)25/h12-17H,5-11H2,1-4H3,(H,27,29). The molecule has 0 bridgehead atoms. The number of unbranched alkanes of at least 4 members (excludes halogenated alkanes) is 5. The Bertz CT molecular complexity index is 967. The fourth-order valence-electron chi connectivity index (χ4n) is 3.84. The molecule has 4 nitrogen and oxygen atoms in total. The van der Waals surface area contributed by atoms with E-state index in [1.54, 1.807) is 0 Å². The molecule has 154 valence electrons. The fourth-order valence-corrected chi connectivity index (χ4v) is 3.84. The Labute approximate surface area is 174 Å². The van der Waals surface area contributed by atoms with Crippen LogP contribution in [0.2, 0.25) is 0 Å². The predicted octanol–water partition coefficient (Wildman–Crippen LogP) is 6.62. The van der Waals surface area contributed by atoms with Crippen LogP contribution in [-0.4, -0.2) is 15.3 Å². The third kappa shape index (κ3) is 5.47. The van der Waals surface area contributed by atoms with Crippen LogP contribution in [0.5, 0.6) is 0 Å². The first-order valence-corrected chi connectivity index (χ1v) is 10.8. The van der Waals surface area contributed by atoms with Crippen molar-refractivity contribution in [2.45, 2.75) is 72.6 Å². The highest BCUT2D eigenvalue weighted by Crippen LogP contribution is 2.30. The van der Waals surface area contributed by atoms with Crippen LogP contribution >= 0.6 is 0 Å². The zero-order valence-corrected chi connectivity index (χ0v) is 18.2. The summed E-state index contributed by atoms with van der Waals surface area (Å²) in [7, 11) is 0. The number of hydrogen-bond donors (Lipinski definition) is 1. The summed E-state index contributed by atoms with van der Waals surface area (Å²) >= 11 is 0. The minimum atomic E-state index is 0.0634. The van der Waals surface area contributed by atoms with Crippen molar-refractivity contribution in [3.63, 3.8) is 0 Å². The maximum atomic E-state index is 12.7. The van der Waals surface area contributed by atoms with Crippen LogP contribution in [0, 0.1) is 20.8 Å². The van der Waals surface area contributed by atoms with Crippen LogP contribution < -0.4 is 5.32 Å². The van der Waals surface area contributed by atoms with Crippen molar-refractivity contribution in [2.75, 3.05) is 5.32 Å². The molecule has 0 saturated carbocycles. The molecule has 1 aromatic carbocycles. The summed E-state index contributed by atoms with van der Waals surface area (Å²) in [5.41, 5.74) is 6.26. The van der Waals surface area contributed by atoms with Crippen LogP contribution in [0.25, 0.3) is 16.9 Å². The normalized spacial score (nSPS) is 11.2. The van der Waals surface area contributed by atoms with E-state index >= 15 is 0 Å². The van der Waals surface area contributed by atoms with Gasteiger partial charge in [0.05, 0.1) is 0 Å². The van der Waals surface area contributed by atoms with Crippen molar-refractivity contribution >= 4 is 17.4 Å². The summed E-state index contributed by atoms with van der Waals surface area (Å²) in [6, 6.07) is 10.5. The van der Waals surface area contributed by atoms with Crippen LogP contribution in [0.3, 0.4) is 0 Å². The van der Waals surface area contributed by atoms with E-state index in [2.05, 4.69) is 57.3 Å². The molecule has 2 aromatic heterocycles. The first-order chi connectivity index (χ1) is 14.0. The Morgan fingerprint density at radius 2 is 1.62 bits per heavy atom. The third-order valence-electron chi connectivity index (χ3n) is 5.29. The molecule has 0 fully saturated rings. The number of pyridine rings is 1. The van der Waals surface area contributed by atoms with Crippen LogP contribution in [0.4, 0.5) is 5.82 Å². The summed E-state index contributed by atoms with van der Waals surface area (Å²) in [4.78, 5) is 17.5. The molecular formula is C25H33N3O. The molecule has 0 aliphatic rings. The van der Waals surface area contributed by atoms with Crippen molar-refractivity contribution in [1.82, 2.24) is 9.38 Å². The van der Waals surface area contributed by atoms with Gasteiger partial charge in [-0.25, -0.2) is 4.98 Å². The second-order valence-electron chi connectivity index (χ2n) is 8.18.